The Morgan fingerprint density at radius 1 is 1.17 bits per heavy atom. The van der Waals surface area contributed by atoms with Crippen LogP contribution in [0.1, 0.15) is 36.5 Å². The molecule has 2 aromatic rings. The van der Waals surface area contributed by atoms with Gasteiger partial charge in [0.1, 0.15) is 0 Å². The van der Waals surface area contributed by atoms with Gasteiger partial charge in [0.25, 0.3) is 0 Å². The molecule has 5 nitrogen and oxygen atoms in total. The summed E-state index contributed by atoms with van der Waals surface area (Å²) in [5.41, 5.74) is 3.64. The van der Waals surface area contributed by atoms with Crippen LogP contribution >= 0.6 is 0 Å². The zero-order chi connectivity index (χ0) is 16.5. The SMILES string of the molecule is CCCCNC(=NCc1cnn(C)c1)NCc1ccc(C)cc1. The Labute approximate surface area is 138 Å². The molecule has 0 radical (unpaired) electrons. The summed E-state index contributed by atoms with van der Waals surface area (Å²) in [4.78, 5) is 4.65. The summed E-state index contributed by atoms with van der Waals surface area (Å²) in [5.74, 6) is 0.850. The number of hydrogen-bond donors (Lipinski definition) is 2. The first-order chi connectivity index (χ1) is 11.2. The van der Waals surface area contributed by atoms with Crippen molar-refractivity contribution in [1.82, 2.24) is 20.4 Å². The van der Waals surface area contributed by atoms with Gasteiger partial charge < -0.3 is 10.6 Å². The molecule has 1 aromatic heterocycles. The van der Waals surface area contributed by atoms with E-state index in [4.69, 9.17) is 0 Å². The predicted molar refractivity (Wildman–Crippen MR) is 95.3 cm³/mol. The zero-order valence-corrected chi connectivity index (χ0v) is 14.3. The summed E-state index contributed by atoms with van der Waals surface area (Å²) in [6.45, 7) is 6.62. The number of unbranched alkanes of at least 4 members (excludes halogenated alkanes) is 1. The first-order valence-electron chi connectivity index (χ1n) is 8.22. The number of nitrogens with one attached hydrogen (secondary N) is 2. The van der Waals surface area contributed by atoms with Crippen LogP contribution in [0.2, 0.25) is 0 Å². The minimum atomic E-state index is 0.628. The number of aryl methyl sites for hydroxylation is 2. The van der Waals surface area contributed by atoms with Crippen molar-refractivity contribution in [3.05, 3.63) is 53.3 Å². The third-order valence-corrected chi connectivity index (χ3v) is 3.58. The Bertz CT molecular complexity index is 613. The molecule has 0 bridgehead atoms. The van der Waals surface area contributed by atoms with Gasteiger partial charge in [-0.3, -0.25) is 4.68 Å². The van der Waals surface area contributed by atoms with E-state index in [0.717, 1.165) is 31.0 Å². The summed E-state index contributed by atoms with van der Waals surface area (Å²) in [5, 5.41) is 11.0. The number of guanidine groups is 1. The van der Waals surface area contributed by atoms with Gasteiger partial charge in [0, 0.05) is 31.9 Å². The van der Waals surface area contributed by atoms with Crippen molar-refractivity contribution in [1.29, 1.82) is 0 Å². The van der Waals surface area contributed by atoms with Crippen LogP contribution in [0.25, 0.3) is 0 Å². The second-order valence-electron chi connectivity index (χ2n) is 5.81. The van der Waals surface area contributed by atoms with Gasteiger partial charge in [-0.1, -0.05) is 43.2 Å². The summed E-state index contributed by atoms with van der Waals surface area (Å²) in [7, 11) is 1.92. The largest absolute Gasteiger partial charge is 0.356 e. The van der Waals surface area contributed by atoms with E-state index in [-0.39, 0.29) is 0 Å². The average Bonchev–Trinajstić information content (AvgIpc) is 2.96. The topological polar surface area (TPSA) is 54.2 Å². The van der Waals surface area contributed by atoms with E-state index in [1.807, 2.05) is 19.4 Å². The Hall–Kier alpha value is -2.30. The van der Waals surface area contributed by atoms with Gasteiger partial charge in [-0.05, 0) is 18.9 Å². The van der Waals surface area contributed by atoms with Crippen LogP contribution in [-0.2, 0) is 20.1 Å². The van der Waals surface area contributed by atoms with Crippen molar-refractivity contribution >= 4 is 5.96 Å². The molecule has 0 atom stereocenters. The Kier molecular flexibility index (Phi) is 6.66. The van der Waals surface area contributed by atoms with Crippen LogP contribution in [0.3, 0.4) is 0 Å². The third-order valence-electron chi connectivity index (χ3n) is 3.58. The van der Waals surface area contributed by atoms with E-state index in [1.54, 1.807) is 4.68 Å². The maximum Gasteiger partial charge on any atom is 0.191 e. The molecule has 0 unspecified atom stereocenters. The van der Waals surface area contributed by atoms with Crippen LogP contribution in [0.15, 0.2) is 41.7 Å². The third kappa shape index (κ3) is 6.14. The lowest BCUT2D eigenvalue weighted by molar-refractivity contribution is 0.724. The molecule has 0 amide bonds. The van der Waals surface area contributed by atoms with E-state index in [1.165, 1.54) is 17.5 Å². The quantitative estimate of drug-likeness (QED) is 0.469. The molecule has 124 valence electrons. The van der Waals surface area contributed by atoms with Crippen LogP contribution in [0.4, 0.5) is 0 Å². The zero-order valence-electron chi connectivity index (χ0n) is 14.3. The molecule has 1 aromatic carbocycles. The Morgan fingerprint density at radius 2 is 1.96 bits per heavy atom. The van der Waals surface area contributed by atoms with Gasteiger partial charge in [-0.2, -0.15) is 5.10 Å². The summed E-state index contributed by atoms with van der Waals surface area (Å²) in [6.07, 6.45) is 6.15. The highest BCUT2D eigenvalue weighted by Gasteiger charge is 2.01. The van der Waals surface area contributed by atoms with E-state index in [9.17, 15) is 0 Å². The molecule has 2 N–H and O–H groups in total. The second kappa shape index (κ2) is 8.98. The summed E-state index contributed by atoms with van der Waals surface area (Å²) < 4.78 is 1.80. The van der Waals surface area contributed by atoms with Crippen LogP contribution in [-0.4, -0.2) is 22.3 Å². The number of hydrogen-bond acceptors (Lipinski definition) is 2. The minimum Gasteiger partial charge on any atom is -0.356 e. The van der Waals surface area contributed by atoms with Gasteiger partial charge in [0.2, 0.25) is 0 Å². The van der Waals surface area contributed by atoms with Crippen molar-refractivity contribution in [2.45, 2.75) is 39.8 Å². The molecule has 0 aliphatic rings. The van der Waals surface area contributed by atoms with Crippen LogP contribution in [0, 0.1) is 6.92 Å². The fourth-order valence-electron chi connectivity index (χ4n) is 2.17. The lowest BCUT2D eigenvalue weighted by Crippen LogP contribution is -2.37. The lowest BCUT2D eigenvalue weighted by Gasteiger charge is -2.12. The molecule has 0 fully saturated rings. The molecule has 0 spiro atoms. The molecule has 0 aliphatic carbocycles. The maximum absolute atomic E-state index is 4.65. The first-order valence-corrected chi connectivity index (χ1v) is 8.22. The molecule has 0 saturated heterocycles. The van der Waals surface area contributed by atoms with Gasteiger partial charge in [0.05, 0.1) is 12.7 Å². The van der Waals surface area contributed by atoms with Crippen molar-refractivity contribution in [3.8, 4) is 0 Å². The number of nitrogens with zero attached hydrogens (tertiary/aromatic N) is 3. The smallest absolute Gasteiger partial charge is 0.191 e. The normalized spacial score (nSPS) is 11.5. The minimum absolute atomic E-state index is 0.628. The maximum atomic E-state index is 4.65. The fraction of sp³-hybridized carbons (Fsp3) is 0.444. The number of rotatable bonds is 7. The summed E-state index contributed by atoms with van der Waals surface area (Å²) >= 11 is 0. The monoisotopic (exact) mass is 313 g/mol. The molecule has 1 heterocycles. The van der Waals surface area contributed by atoms with Gasteiger partial charge in [-0.15, -0.1) is 0 Å². The predicted octanol–water partition coefficient (Wildman–Crippen LogP) is 2.76. The van der Waals surface area contributed by atoms with Gasteiger partial charge in [0.15, 0.2) is 5.96 Å². The van der Waals surface area contributed by atoms with E-state index in [2.05, 4.69) is 58.8 Å². The molecular weight excluding hydrogens is 286 g/mol. The molecular formula is C18H27N5. The van der Waals surface area contributed by atoms with Gasteiger partial charge >= 0.3 is 0 Å². The molecule has 23 heavy (non-hydrogen) atoms. The number of aliphatic imine (C=N–C) groups is 1. The van der Waals surface area contributed by atoms with Crippen molar-refractivity contribution in [2.24, 2.45) is 12.0 Å². The van der Waals surface area contributed by atoms with E-state index in [0.29, 0.717) is 6.54 Å². The highest BCUT2D eigenvalue weighted by molar-refractivity contribution is 5.79. The molecule has 5 heteroatoms. The van der Waals surface area contributed by atoms with Crippen molar-refractivity contribution < 1.29 is 0 Å². The molecule has 0 saturated carbocycles. The van der Waals surface area contributed by atoms with Crippen LogP contribution in [0.5, 0.6) is 0 Å². The van der Waals surface area contributed by atoms with Gasteiger partial charge in [-0.25, -0.2) is 4.99 Å². The first kappa shape index (κ1) is 17.1. The Balaban J connectivity index is 1.93. The van der Waals surface area contributed by atoms with E-state index < -0.39 is 0 Å². The van der Waals surface area contributed by atoms with Crippen molar-refractivity contribution in [2.75, 3.05) is 6.54 Å². The Morgan fingerprint density at radius 3 is 2.61 bits per heavy atom. The average molecular weight is 313 g/mol. The highest BCUT2D eigenvalue weighted by Crippen LogP contribution is 2.03. The standard InChI is InChI=1S/C18H27N5/c1-4-5-10-19-18(21-12-17-13-22-23(3)14-17)20-11-16-8-6-15(2)7-9-16/h6-9,13-14H,4-5,10-12H2,1-3H3,(H2,19,20,21). The second-order valence-corrected chi connectivity index (χ2v) is 5.81. The number of aromatic nitrogens is 2. The van der Waals surface area contributed by atoms with Crippen molar-refractivity contribution in [3.63, 3.8) is 0 Å². The molecule has 2 rings (SSSR count). The lowest BCUT2D eigenvalue weighted by atomic mass is 10.1. The molecule has 0 aliphatic heterocycles. The fourth-order valence-corrected chi connectivity index (χ4v) is 2.17. The van der Waals surface area contributed by atoms with E-state index >= 15 is 0 Å². The highest BCUT2D eigenvalue weighted by atomic mass is 15.2. The van der Waals surface area contributed by atoms with Crippen LogP contribution < -0.4 is 10.6 Å². The number of benzene rings is 1. The summed E-state index contributed by atoms with van der Waals surface area (Å²) in [6, 6.07) is 8.56.